The van der Waals surface area contributed by atoms with Gasteiger partial charge in [-0.05, 0) is 86.2 Å². The molecule has 2 saturated carbocycles. The lowest BCUT2D eigenvalue weighted by Crippen LogP contribution is -2.36. The van der Waals surface area contributed by atoms with E-state index in [-0.39, 0.29) is 46.7 Å². The van der Waals surface area contributed by atoms with Crippen LogP contribution in [0, 0.1) is 35.5 Å². The van der Waals surface area contributed by atoms with Crippen LogP contribution < -0.4 is 0 Å². The zero-order valence-electron chi connectivity index (χ0n) is 32.4. The maximum absolute atomic E-state index is 13.7. The average molecular weight is 713 g/mol. The number of hydrogen-bond acceptors (Lipinski definition) is 8. The van der Waals surface area contributed by atoms with Crippen LogP contribution in [0.3, 0.4) is 0 Å². The number of allylic oxidation sites excluding steroid dienone is 2. The molecule has 0 bridgehead atoms. The van der Waals surface area contributed by atoms with Gasteiger partial charge in [0.15, 0.2) is 0 Å². The van der Waals surface area contributed by atoms with Crippen molar-refractivity contribution < 1.29 is 29.3 Å². The zero-order valence-corrected chi connectivity index (χ0v) is 32.4. The van der Waals surface area contributed by atoms with Crippen molar-refractivity contribution in [1.29, 1.82) is 0 Å². The molecule has 2 aromatic rings. The monoisotopic (exact) mass is 712 g/mol. The number of hydrogen-bond donors (Lipinski definition) is 2. The third-order valence-electron chi connectivity index (χ3n) is 11.0. The van der Waals surface area contributed by atoms with Gasteiger partial charge in [0.05, 0.1) is 0 Å². The van der Waals surface area contributed by atoms with Gasteiger partial charge in [-0.15, -0.1) is 0 Å². The predicted octanol–water partition coefficient (Wildman–Crippen LogP) is 10.3. The standard InChI is InChI=1S/C44H60N2O6/c1-27(2)35-21-19-29(5)23-39(35)51-43(49)37(31(7)47)25-45-41(33-15-11-9-12-16-33)42(34-17-13-10-14-18-34)46-26-38(32(8)48)44(50)52-40-24-30(6)20-22-36(40)28(3)4/h9-18,25-30,35-36,39-42,47-48H,19-24H2,1-8H3/b37-31-,38-32+,45-25?,46-26?/t29-,30-,35+,36+,39-,40-,41+,42+/m0/s1. The highest BCUT2D eigenvalue weighted by atomic mass is 16.5. The Morgan fingerprint density at radius 2 is 0.981 bits per heavy atom. The summed E-state index contributed by atoms with van der Waals surface area (Å²) in [6.45, 7) is 15.9. The Bertz CT molecular complexity index is 1470. The van der Waals surface area contributed by atoms with Crippen molar-refractivity contribution >= 4 is 24.4 Å². The van der Waals surface area contributed by atoms with E-state index in [9.17, 15) is 19.8 Å². The molecule has 4 rings (SSSR count). The molecule has 2 aromatic carbocycles. The average Bonchev–Trinajstić information content (AvgIpc) is 3.09. The molecule has 282 valence electrons. The molecule has 52 heavy (non-hydrogen) atoms. The van der Waals surface area contributed by atoms with Gasteiger partial charge in [-0.3, -0.25) is 9.98 Å². The molecule has 0 spiro atoms. The minimum absolute atomic E-state index is 0.0192. The Morgan fingerprint density at radius 3 is 1.29 bits per heavy atom. The van der Waals surface area contributed by atoms with E-state index in [2.05, 4.69) is 41.5 Å². The number of rotatable bonds is 13. The highest BCUT2D eigenvalue weighted by Crippen LogP contribution is 2.38. The number of ether oxygens (including phenoxy) is 2. The number of aliphatic hydroxyl groups excluding tert-OH is 2. The lowest BCUT2D eigenvalue weighted by molar-refractivity contribution is -0.151. The smallest absolute Gasteiger partial charge is 0.343 e. The molecule has 0 amide bonds. The lowest BCUT2D eigenvalue weighted by Gasteiger charge is -2.36. The number of carbonyl (C=O) groups is 2. The largest absolute Gasteiger partial charge is 0.512 e. The molecular weight excluding hydrogens is 652 g/mol. The van der Waals surface area contributed by atoms with Crippen LogP contribution in [0.15, 0.2) is 93.3 Å². The number of benzene rings is 2. The first-order valence-corrected chi connectivity index (χ1v) is 19.1. The molecule has 8 atom stereocenters. The Labute approximate surface area is 311 Å². The molecule has 8 heteroatoms. The van der Waals surface area contributed by atoms with Crippen molar-refractivity contribution in [1.82, 2.24) is 0 Å². The Morgan fingerprint density at radius 1 is 0.635 bits per heavy atom. The van der Waals surface area contributed by atoms with E-state index in [0.717, 1.165) is 49.7 Å². The number of aliphatic hydroxyl groups is 2. The molecular formula is C44H60N2O6. The molecule has 2 fully saturated rings. The van der Waals surface area contributed by atoms with Crippen LogP contribution in [0.2, 0.25) is 0 Å². The van der Waals surface area contributed by atoms with Crippen molar-refractivity contribution in [3.05, 3.63) is 94.5 Å². The lowest BCUT2D eigenvalue weighted by atomic mass is 9.75. The van der Waals surface area contributed by atoms with E-state index in [1.807, 2.05) is 60.7 Å². The van der Waals surface area contributed by atoms with Crippen molar-refractivity contribution in [2.75, 3.05) is 0 Å². The van der Waals surface area contributed by atoms with Crippen molar-refractivity contribution in [3.63, 3.8) is 0 Å². The normalized spacial score (nSPS) is 26.2. The third kappa shape index (κ3) is 10.9. The highest BCUT2D eigenvalue weighted by Gasteiger charge is 2.36. The Hall–Kier alpha value is -4.20. The molecule has 0 unspecified atom stereocenters. The molecule has 2 N–H and O–H groups in total. The van der Waals surface area contributed by atoms with E-state index in [1.165, 1.54) is 26.3 Å². The Balaban J connectivity index is 1.69. The topological polar surface area (TPSA) is 118 Å². The molecule has 2 aliphatic carbocycles. The summed E-state index contributed by atoms with van der Waals surface area (Å²) in [6, 6.07) is 17.8. The minimum Gasteiger partial charge on any atom is -0.512 e. The molecule has 0 saturated heterocycles. The molecule has 0 aromatic heterocycles. The molecule has 8 nitrogen and oxygen atoms in total. The van der Waals surface area contributed by atoms with Gasteiger partial charge >= 0.3 is 11.9 Å². The van der Waals surface area contributed by atoms with Gasteiger partial charge in [-0.25, -0.2) is 9.59 Å². The van der Waals surface area contributed by atoms with Crippen LogP contribution in [0.4, 0.5) is 0 Å². The predicted molar refractivity (Wildman–Crippen MR) is 208 cm³/mol. The fraction of sp³-hybridized carbons (Fsp3) is 0.545. The number of carbonyl (C=O) groups excluding carboxylic acids is 2. The van der Waals surface area contributed by atoms with Crippen LogP contribution in [0.5, 0.6) is 0 Å². The summed E-state index contributed by atoms with van der Waals surface area (Å²) in [7, 11) is 0. The van der Waals surface area contributed by atoms with E-state index in [4.69, 9.17) is 19.5 Å². The van der Waals surface area contributed by atoms with Crippen LogP contribution in [-0.2, 0) is 19.1 Å². The first-order valence-electron chi connectivity index (χ1n) is 19.1. The van der Waals surface area contributed by atoms with E-state index in [1.54, 1.807) is 0 Å². The van der Waals surface area contributed by atoms with Crippen LogP contribution in [-0.4, -0.2) is 46.8 Å². The fourth-order valence-electron chi connectivity index (χ4n) is 7.80. The van der Waals surface area contributed by atoms with Crippen molar-refractivity contribution in [2.45, 2.75) is 118 Å². The second kappa shape index (κ2) is 19.0. The Kier molecular flexibility index (Phi) is 14.9. The van der Waals surface area contributed by atoms with Gasteiger partial charge in [-0.1, -0.05) is 115 Å². The minimum atomic E-state index is -0.680. The van der Waals surface area contributed by atoms with Crippen molar-refractivity contribution in [3.8, 4) is 0 Å². The van der Waals surface area contributed by atoms with Gasteiger partial charge < -0.3 is 19.7 Å². The zero-order chi connectivity index (χ0) is 37.9. The van der Waals surface area contributed by atoms with Gasteiger partial charge in [0.1, 0.15) is 47.0 Å². The molecule has 0 radical (unpaired) electrons. The molecule has 0 heterocycles. The van der Waals surface area contributed by atoms with Gasteiger partial charge in [0.2, 0.25) is 0 Å². The summed E-state index contributed by atoms with van der Waals surface area (Å²) in [5, 5.41) is 21.5. The first kappa shape index (κ1) is 40.6. The summed E-state index contributed by atoms with van der Waals surface area (Å²) in [5.41, 5.74) is 1.57. The van der Waals surface area contributed by atoms with Gasteiger partial charge in [-0.2, -0.15) is 0 Å². The maximum Gasteiger partial charge on any atom is 0.343 e. The second-order valence-electron chi connectivity index (χ2n) is 15.8. The summed E-state index contributed by atoms with van der Waals surface area (Å²) in [6.07, 6.45) is 8.02. The second-order valence-corrected chi connectivity index (χ2v) is 15.8. The van der Waals surface area contributed by atoms with Crippen LogP contribution in [0.25, 0.3) is 0 Å². The number of aliphatic imine (C=N–C) groups is 2. The quantitative estimate of drug-likeness (QED) is 0.0924. The maximum atomic E-state index is 13.7. The summed E-state index contributed by atoms with van der Waals surface area (Å²) >= 11 is 0. The molecule has 2 aliphatic rings. The number of nitrogens with zero attached hydrogens (tertiary/aromatic N) is 2. The third-order valence-corrected chi connectivity index (χ3v) is 11.0. The van der Waals surface area contributed by atoms with Crippen LogP contribution >= 0.6 is 0 Å². The SMILES string of the molecule is C/C(O)=C(\C=N[C@H](c1ccccc1)[C@H](N=C/C(C(=O)O[C@H]1C[C@@H](C)CC[C@@H]1C(C)C)=C(/C)O)c1ccccc1)C(=O)O[C@H]1C[C@@H](C)CC[C@@H]1C(C)C. The fourth-order valence-corrected chi connectivity index (χ4v) is 7.80. The van der Waals surface area contributed by atoms with Gasteiger partial charge in [0.25, 0.3) is 0 Å². The van der Waals surface area contributed by atoms with E-state index < -0.39 is 24.0 Å². The van der Waals surface area contributed by atoms with E-state index in [0.29, 0.717) is 23.7 Å². The van der Waals surface area contributed by atoms with E-state index >= 15 is 0 Å². The molecule has 0 aliphatic heterocycles. The number of esters is 2. The van der Waals surface area contributed by atoms with Gasteiger partial charge in [0, 0.05) is 12.4 Å². The summed E-state index contributed by atoms with van der Waals surface area (Å²) in [5.74, 6) is 0.486. The summed E-state index contributed by atoms with van der Waals surface area (Å²) in [4.78, 5) is 37.2. The highest BCUT2D eigenvalue weighted by molar-refractivity contribution is 6.10. The van der Waals surface area contributed by atoms with Crippen LogP contribution in [0.1, 0.15) is 117 Å². The first-order chi connectivity index (χ1) is 24.8. The van der Waals surface area contributed by atoms with Crippen molar-refractivity contribution in [2.24, 2.45) is 45.5 Å². The summed E-state index contributed by atoms with van der Waals surface area (Å²) < 4.78 is 12.2.